The van der Waals surface area contributed by atoms with Crippen LogP contribution in [0.25, 0.3) is 0 Å². The summed E-state index contributed by atoms with van der Waals surface area (Å²) in [5.74, 6) is 0.0952. The summed E-state index contributed by atoms with van der Waals surface area (Å²) in [5, 5.41) is 5.58. The molecule has 0 aliphatic heterocycles. The molecule has 24 heavy (non-hydrogen) atoms. The van der Waals surface area contributed by atoms with Crippen LogP contribution in [0.2, 0.25) is 0 Å². The first-order valence-corrected chi connectivity index (χ1v) is 8.86. The van der Waals surface area contributed by atoms with Gasteiger partial charge in [-0.3, -0.25) is 9.59 Å². The van der Waals surface area contributed by atoms with Crippen molar-refractivity contribution in [1.29, 1.82) is 0 Å². The average Bonchev–Trinajstić information content (AvgIpc) is 2.56. The quantitative estimate of drug-likeness (QED) is 0.786. The van der Waals surface area contributed by atoms with Crippen LogP contribution in [0, 0.1) is 13.8 Å². The molecule has 4 nitrogen and oxygen atoms in total. The molecule has 0 bridgehead atoms. The predicted octanol–water partition coefficient (Wildman–Crippen LogP) is 3.78. The molecule has 2 amide bonds. The summed E-state index contributed by atoms with van der Waals surface area (Å²) in [7, 11) is 0. The molecule has 0 aliphatic rings. The zero-order chi connectivity index (χ0) is 17.5. The number of carbonyl (C=O) groups excluding carboxylic acids is 2. The van der Waals surface area contributed by atoms with Crippen molar-refractivity contribution in [2.45, 2.75) is 25.7 Å². The van der Waals surface area contributed by atoms with Crippen LogP contribution in [-0.2, 0) is 4.79 Å². The Labute approximate surface area is 147 Å². The van der Waals surface area contributed by atoms with E-state index in [9.17, 15) is 9.59 Å². The third-order valence-electron chi connectivity index (χ3n) is 3.59. The average molecular weight is 342 g/mol. The zero-order valence-corrected chi connectivity index (χ0v) is 15.0. The summed E-state index contributed by atoms with van der Waals surface area (Å²) in [6.07, 6.45) is 0. The molecule has 0 fully saturated rings. The van der Waals surface area contributed by atoms with E-state index < -0.39 is 0 Å². The maximum atomic E-state index is 12.1. The molecule has 2 aromatic carbocycles. The molecule has 5 heteroatoms. The van der Waals surface area contributed by atoms with Crippen LogP contribution in [-0.4, -0.2) is 24.1 Å². The van der Waals surface area contributed by atoms with Crippen molar-refractivity contribution in [2.75, 3.05) is 17.6 Å². The molecule has 0 radical (unpaired) electrons. The number of benzene rings is 2. The number of rotatable bonds is 6. The van der Waals surface area contributed by atoms with Gasteiger partial charge in [-0.1, -0.05) is 12.1 Å². The van der Waals surface area contributed by atoms with Gasteiger partial charge in [-0.2, -0.15) is 0 Å². The predicted molar refractivity (Wildman–Crippen MR) is 99.7 cm³/mol. The van der Waals surface area contributed by atoms with Crippen LogP contribution in [0.5, 0.6) is 0 Å². The van der Waals surface area contributed by atoms with Crippen molar-refractivity contribution >= 4 is 29.3 Å². The standard InChI is InChI=1S/C19H22N2O2S/c1-4-20-19(23)15-6-5-7-16(11-15)21-18(22)12-24-17-9-8-13(2)14(3)10-17/h5-11H,4,12H2,1-3H3,(H,20,23)(H,21,22). The van der Waals surface area contributed by atoms with E-state index in [1.165, 1.54) is 22.9 Å². The van der Waals surface area contributed by atoms with Crippen molar-refractivity contribution < 1.29 is 9.59 Å². The Hall–Kier alpha value is -2.27. The van der Waals surface area contributed by atoms with Crippen molar-refractivity contribution in [1.82, 2.24) is 5.32 Å². The number of amides is 2. The molecule has 0 aromatic heterocycles. The highest BCUT2D eigenvalue weighted by atomic mass is 32.2. The first-order valence-electron chi connectivity index (χ1n) is 7.87. The lowest BCUT2D eigenvalue weighted by atomic mass is 10.1. The summed E-state index contributed by atoms with van der Waals surface area (Å²) in [6, 6.07) is 13.1. The molecular formula is C19H22N2O2S. The van der Waals surface area contributed by atoms with E-state index in [2.05, 4.69) is 36.6 Å². The fourth-order valence-corrected chi connectivity index (χ4v) is 2.94. The molecular weight excluding hydrogens is 320 g/mol. The first kappa shape index (κ1) is 18.1. The minimum Gasteiger partial charge on any atom is -0.352 e. The second-order valence-corrected chi connectivity index (χ2v) is 6.57. The minimum absolute atomic E-state index is 0.0914. The monoisotopic (exact) mass is 342 g/mol. The minimum atomic E-state index is -0.141. The fraction of sp³-hybridized carbons (Fsp3) is 0.263. The topological polar surface area (TPSA) is 58.2 Å². The van der Waals surface area contributed by atoms with Gasteiger partial charge in [0, 0.05) is 22.7 Å². The van der Waals surface area contributed by atoms with Gasteiger partial charge in [0.25, 0.3) is 5.91 Å². The van der Waals surface area contributed by atoms with Gasteiger partial charge < -0.3 is 10.6 Å². The van der Waals surface area contributed by atoms with E-state index in [1.54, 1.807) is 24.3 Å². The highest BCUT2D eigenvalue weighted by molar-refractivity contribution is 8.00. The van der Waals surface area contributed by atoms with E-state index >= 15 is 0 Å². The zero-order valence-electron chi connectivity index (χ0n) is 14.2. The lowest BCUT2D eigenvalue weighted by Crippen LogP contribution is -2.23. The Kier molecular flexibility index (Phi) is 6.44. The van der Waals surface area contributed by atoms with Crippen molar-refractivity contribution in [3.63, 3.8) is 0 Å². The van der Waals surface area contributed by atoms with Crippen molar-refractivity contribution in [3.05, 3.63) is 59.2 Å². The highest BCUT2D eigenvalue weighted by Gasteiger charge is 2.08. The molecule has 0 spiro atoms. The van der Waals surface area contributed by atoms with E-state index in [0.717, 1.165) is 4.90 Å². The SMILES string of the molecule is CCNC(=O)c1cccc(NC(=O)CSc2ccc(C)c(C)c2)c1. The maximum absolute atomic E-state index is 12.1. The van der Waals surface area contributed by atoms with Gasteiger partial charge in [0.2, 0.25) is 5.91 Å². The largest absolute Gasteiger partial charge is 0.352 e. The third-order valence-corrected chi connectivity index (χ3v) is 4.59. The van der Waals surface area contributed by atoms with Crippen LogP contribution in [0.15, 0.2) is 47.4 Å². The number of aryl methyl sites for hydroxylation is 2. The Morgan fingerprint density at radius 3 is 2.54 bits per heavy atom. The molecule has 2 rings (SSSR count). The molecule has 2 aromatic rings. The first-order chi connectivity index (χ1) is 11.5. The van der Waals surface area contributed by atoms with Gasteiger partial charge in [-0.05, 0) is 62.2 Å². The molecule has 0 saturated carbocycles. The van der Waals surface area contributed by atoms with E-state index in [0.29, 0.717) is 23.5 Å². The Bertz CT molecular complexity index is 744. The van der Waals surface area contributed by atoms with Gasteiger partial charge in [0.15, 0.2) is 0 Å². The van der Waals surface area contributed by atoms with E-state index in [4.69, 9.17) is 0 Å². The van der Waals surface area contributed by atoms with Gasteiger partial charge in [-0.15, -0.1) is 11.8 Å². The number of anilines is 1. The maximum Gasteiger partial charge on any atom is 0.251 e. The lowest BCUT2D eigenvalue weighted by molar-refractivity contribution is -0.113. The third kappa shape index (κ3) is 5.13. The van der Waals surface area contributed by atoms with E-state index in [-0.39, 0.29) is 11.8 Å². The second kappa shape index (κ2) is 8.55. The summed E-state index contributed by atoms with van der Waals surface area (Å²) in [5.41, 5.74) is 3.63. The molecule has 0 saturated heterocycles. The molecule has 0 atom stereocenters. The van der Waals surface area contributed by atoms with E-state index in [1.807, 2.05) is 13.0 Å². The number of carbonyl (C=O) groups is 2. The molecule has 2 N–H and O–H groups in total. The molecule has 0 unspecified atom stereocenters. The fourth-order valence-electron chi connectivity index (χ4n) is 2.15. The summed E-state index contributed by atoms with van der Waals surface area (Å²) in [6.45, 7) is 6.57. The number of hydrogen-bond acceptors (Lipinski definition) is 3. The normalized spacial score (nSPS) is 10.3. The van der Waals surface area contributed by atoms with Gasteiger partial charge in [0.1, 0.15) is 0 Å². The van der Waals surface area contributed by atoms with Crippen LogP contribution >= 0.6 is 11.8 Å². The number of thioether (sulfide) groups is 1. The van der Waals surface area contributed by atoms with Crippen LogP contribution in [0.3, 0.4) is 0 Å². The van der Waals surface area contributed by atoms with Crippen molar-refractivity contribution in [3.8, 4) is 0 Å². The van der Waals surface area contributed by atoms with Crippen LogP contribution in [0.1, 0.15) is 28.4 Å². The summed E-state index contributed by atoms with van der Waals surface area (Å²) >= 11 is 1.50. The highest BCUT2D eigenvalue weighted by Crippen LogP contribution is 2.21. The Morgan fingerprint density at radius 1 is 1.04 bits per heavy atom. The van der Waals surface area contributed by atoms with Crippen LogP contribution < -0.4 is 10.6 Å². The van der Waals surface area contributed by atoms with Crippen molar-refractivity contribution in [2.24, 2.45) is 0 Å². The van der Waals surface area contributed by atoms with Gasteiger partial charge >= 0.3 is 0 Å². The second-order valence-electron chi connectivity index (χ2n) is 5.52. The summed E-state index contributed by atoms with van der Waals surface area (Å²) < 4.78 is 0. The number of nitrogens with one attached hydrogen (secondary N) is 2. The smallest absolute Gasteiger partial charge is 0.251 e. The van der Waals surface area contributed by atoms with Crippen LogP contribution in [0.4, 0.5) is 5.69 Å². The molecule has 0 heterocycles. The Morgan fingerprint density at radius 2 is 1.83 bits per heavy atom. The summed E-state index contributed by atoms with van der Waals surface area (Å²) in [4.78, 5) is 25.0. The lowest BCUT2D eigenvalue weighted by Gasteiger charge is -2.08. The Balaban J connectivity index is 1.93. The van der Waals surface area contributed by atoms with Gasteiger partial charge in [-0.25, -0.2) is 0 Å². The number of hydrogen-bond donors (Lipinski definition) is 2. The van der Waals surface area contributed by atoms with Gasteiger partial charge in [0.05, 0.1) is 5.75 Å². The molecule has 126 valence electrons. The molecule has 0 aliphatic carbocycles.